The molecule has 2 rings (SSSR count). The maximum absolute atomic E-state index is 12.8. The number of hydrogen-bond acceptors (Lipinski definition) is 3. The van der Waals surface area contributed by atoms with E-state index in [1.54, 1.807) is 7.11 Å². The number of methoxy groups -OCH3 is 1. The normalized spacial score (nSPS) is 18.5. The van der Waals surface area contributed by atoms with Gasteiger partial charge in [-0.05, 0) is 62.1 Å². The van der Waals surface area contributed by atoms with Crippen LogP contribution in [0.25, 0.3) is 0 Å². The molecule has 0 radical (unpaired) electrons. The van der Waals surface area contributed by atoms with E-state index in [0.717, 1.165) is 37.1 Å². The highest BCUT2D eigenvalue weighted by atomic mass is 16.5. The van der Waals surface area contributed by atoms with E-state index in [2.05, 4.69) is 44.2 Å². The van der Waals surface area contributed by atoms with E-state index in [9.17, 15) is 4.79 Å². The van der Waals surface area contributed by atoms with Crippen molar-refractivity contribution < 1.29 is 9.53 Å². The van der Waals surface area contributed by atoms with Crippen LogP contribution >= 0.6 is 0 Å². The predicted molar refractivity (Wildman–Crippen MR) is 116 cm³/mol. The number of nitrogens with zero attached hydrogens (tertiary/aromatic N) is 2. The molecule has 1 aromatic carbocycles. The minimum atomic E-state index is -0.0194. The average Bonchev–Trinajstić information content (AvgIpc) is 3.06. The van der Waals surface area contributed by atoms with E-state index < -0.39 is 0 Å². The largest absolute Gasteiger partial charge is 0.497 e. The summed E-state index contributed by atoms with van der Waals surface area (Å²) in [7, 11) is 3.67. The molecule has 1 saturated heterocycles. The van der Waals surface area contributed by atoms with Gasteiger partial charge in [-0.2, -0.15) is 0 Å². The van der Waals surface area contributed by atoms with Crippen LogP contribution < -0.4 is 0 Å². The standard InChI is InChI=1S/C24H34N2O2/c1-18(21(4)19(2)16-20(3)28-6)12-14-25(5)23-13-15-26(24(23)27)17-22-10-8-7-9-11-22/h7-11,16,18,23H,3-4,12-15,17H2,1-2,5-6H3/b19-16-. The molecule has 28 heavy (non-hydrogen) atoms. The van der Waals surface area contributed by atoms with Crippen molar-refractivity contribution in [2.24, 2.45) is 5.92 Å². The van der Waals surface area contributed by atoms with Crippen molar-refractivity contribution in [3.63, 3.8) is 0 Å². The van der Waals surface area contributed by atoms with Gasteiger partial charge in [0.05, 0.1) is 13.2 Å². The molecule has 1 aliphatic heterocycles. The van der Waals surface area contributed by atoms with Gasteiger partial charge >= 0.3 is 0 Å². The van der Waals surface area contributed by atoms with Crippen LogP contribution in [0.15, 0.2) is 66.5 Å². The SMILES string of the molecule is C=C(/C=C(/C)C(=C)C(C)CCN(C)C1CCN(Cc2ccccc2)C1=O)OC. The van der Waals surface area contributed by atoms with Gasteiger partial charge < -0.3 is 9.64 Å². The maximum Gasteiger partial charge on any atom is 0.240 e. The van der Waals surface area contributed by atoms with Gasteiger partial charge in [0, 0.05) is 13.1 Å². The topological polar surface area (TPSA) is 32.8 Å². The molecule has 0 saturated carbocycles. The van der Waals surface area contributed by atoms with E-state index in [4.69, 9.17) is 4.74 Å². The zero-order valence-electron chi connectivity index (χ0n) is 17.8. The van der Waals surface area contributed by atoms with Gasteiger partial charge in [0.25, 0.3) is 0 Å². The first kappa shape index (κ1) is 22.0. The lowest BCUT2D eigenvalue weighted by molar-refractivity contribution is -0.132. The summed E-state index contributed by atoms with van der Waals surface area (Å²) in [6.07, 6.45) is 3.77. The van der Waals surface area contributed by atoms with Gasteiger partial charge in [0.15, 0.2) is 0 Å². The molecule has 2 unspecified atom stereocenters. The summed E-state index contributed by atoms with van der Waals surface area (Å²) in [6, 6.07) is 10.2. The number of benzene rings is 1. The fourth-order valence-electron chi connectivity index (χ4n) is 3.60. The highest BCUT2D eigenvalue weighted by Crippen LogP contribution is 2.24. The quantitative estimate of drug-likeness (QED) is 0.444. The molecule has 1 aliphatic rings. The second-order valence-corrected chi connectivity index (χ2v) is 7.74. The van der Waals surface area contributed by atoms with Crippen LogP contribution in [0, 0.1) is 5.92 Å². The summed E-state index contributed by atoms with van der Waals surface area (Å²) in [6.45, 7) is 14.7. The Bertz CT molecular complexity index is 723. The number of carbonyl (C=O) groups excluding carboxylic acids is 1. The molecule has 1 amide bonds. The zero-order chi connectivity index (χ0) is 20.7. The number of amides is 1. The Morgan fingerprint density at radius 2 is 2.04 bits per heavy atom. The van der Waals surface area contributed by atoms with Crippen molar-refractivity contribution in [2.45, 2.75) is 39.3 Å². The molecule has 0 bridgehead atoms. The van der Waals surface area contributed by atoms with E-state index >= 15 is 0 Å². The third kappa shape index (κ3) is 5.83. The summed E-state index contributed by atoms with van der Waals surface area (Å²) >= 11 is 0. The van der Waals surface area contributed by atoms with Crippen molar-refractivity contribution in [3.8, 4) is 0 Å². The van der Waals surface area contributed by atoms with E-state index in [0.29, 0.717) is 18.2 Å². The van der Waals surface area contributed by atoms with Crippen molar-refractivity contribution in [1.82, 2.24) is 9.80 Å². The molecule has 0 aliphatic carbocycles. The monoisotopic (exact) mass is 382 g/mol. The van der Waals surface area contributed by atoms with Crippen LogP contribution in [-0.2, 0) is 16.1 Å². The fraction of sp³-hybridized carbons (Fsp3) is 0.458. The molecular weight excluding hydrogens is 348 g/mol. The maximum atomic E-state index is 12.8. The van der Waals surface area contributed by atoms with Crippen molar-refractivity contribution in [1.29, 1.82) is 0 Å². The number of carbonyl (C=O) groups is 1. The Morgan fingerprint density at radius 3 is 2.68 bits per heavy atom. The van der Waals surface area contributed by atoms with Crippen LogP contribution in [0.3, 0.4) is 0 Å². The van der Waals surface area contributed by atoms with Gasteiger partial charge in [0.1, 0.15) is 5.76 Å². The molecule has 0 spiro atoms. The number of allylic oxidation sites excluding steroid dienone is 3. The van der Waals surface area contributed by atoms with Crippen molar-refractivity contribution in [3.05, 3.63) is 72.0 Å². The fourth-order valence-corrected chi connectivity index (χ4v) is 3.60. The minimum absolute atomic E-state index is 0.0194. The van der Waals surface area contributed by atoms with Crippen LogP contribution in [-0.4, -0.2) is 49.0 Å². The van der Waals surface area contributed by atoms with Gasteiger partial charge in [-0.1, -0.05) is 50.4 Å². The number of rotatable bonds is 10. The van der Waals surface area contributed by atoms with E-state index in [1.807, 2.05) is 36.1 Å². The Kier molecular flexibility index (Phi) is 8.06. The predicted octanol–water partition coefficient (Wildman–Crippen LogP) is 4.41. The first-order valence-corrected chi connectivity index (χ1v) is 9.96. The van der Waals surface area contributed by atoms with Crippen LogP contribution in [0.1, 0.15) is 32.3 Å². The molecule has 1 heterocycles. The number of likely N-dealkylation sites (tertiary alicyclic amines) is 1. The Balaban J connectivity index is 1.85. The molecule has 1 fully saturated rings. The molecule has 152 valence electrons. The van der Waals surface area contributed by atoms with Gasteiger partial charge in [0.2, 0.25) is 5.91 Å². The summed E-state index contributed by atoms with van der Waals surface area (Å²) < 4.78 is 5.12. The van der Waals surface area contributed by atoms with Crippen LogP contribution in [0.4, 0.5) is 0 Å². The molecule has 1 aromatic rings. The van der Waals surface area contributed by atoms with Crippen molar-refractivity contribution in [2.75, 3.05) is 27.2 Å². The third-order valence-electron chi connectivity index (χ3n) is 5.67. The molecular formula is C24H34N2O2. The van der Waals surface area contributed by atoms with E-state index in [-0.39, 0.29) is 11.9 Å². The summed E-state index contributed by atoms with van der Waals surface area (Å²) in [5.41, 5.74) is 3.37. The Morgan fingerprint density at radius 1 is 1.36 bits per heavy atom. The smallest absolute Gasteiger partial charge is 0.240 e. The average molecular weight is 383 g/mol. The summed E-state index contributed by atoms with van der Waals surface area (Å²) in [5.74, 6) is 1.21. The number of ether oxygens (including phenoxy) is 1. The first-order valence-electron chi connectivity index (χ1n) is 9.96. The first-order chi connectivity index (χ1) is 13.3. The molecule has 4 nitrogen and oxygen atoms in total. The van der Waals surface area contributed by atoms with E-state index in [1.165, 1.54) is 5.56 Å². The van der Waals surface area contributed by atoms with Gasteiger partial charge in [-0.15, -0.1) is 0 Å². The summed E-state index contributed by atoms with van der Waals surface area (Å²) in [5, 5.41) is 0. The lowest BCUT2D eigenvalue weighted by Crippen LogP contribution is -2.40. The van der Waals surface area contributed by atoms with Crippen LogP contribution in [0.5, 0.6) is 0 Å². The minimum Gasteiger partial charge on any atom is -0.497 e. The molecule has 4 heteroatoms. The number of likely N-dealkylation sites (N-methyl/N-ethyl adjacent to an activating group) is 1. The van der Waals surface area contributed by atoms with Gasteiger partial charge in [-0.25, -0.2) is 0 Å². The highest BCUT2D eigenvalue weighted by molar-refractivity contribution is 5.83. The van der Waals surface area contributed by atoms with Crippen molar-refractivity contribution >= 4 is 5.91 Å². The molecule has 2 atom stereocenters. The van der Waals surface area contributed by atoms with Gasteiger partial charge in [-0.3, -0.25) is 9.69 Å². The Hall–Kier alpha value is -2.33. The van der Waals surface area contributed by atoms with Crippen LogP contribution in [0.2, 0.25) is 0 Å². The lowest BCUT2D eigenvalue weighted by Gasteiger charge is -2.26. The Labute approximate surface area is 170 Å². The lowest BCUT2D eigenvalue weighted by atomic mass is 9.92. The highest BCUT2D eigenvalue weighted by Gasteiger charge is 2.34. The zero-order valence-corrected chi connectivity index (χ0v) is 17.8. The molecule has 0 N–H and O–H groups in total. The molecule has 0 aromatic heterocycles. The third-order valence-corrected chi connectivity index (χ3v) is 5.67. The second kappa shape index (κ2) is 10.3. The second-order valence-electron chi connectivity index (χ2n) is 7.74. The number of hydrogen-bond donors (Lipinski definition) is 0. The summed E-state index contributed by atoms with van der Waals surface area (Å²) in [4.78, 5) is 17.0.